The zero-order valence-corrected chi connectivity index (χ0v) is 15.8. The van der Waals surface area contributed by atoms with Gasteiger partial charge in [0.25, 0.3) is 17.3 Å². The van der Waals surface area contributed by atoms with E-state index in [1.54, 1.807) is 13.8 Å². The van der Waals surface area contributed by atoms with E-state index in [0.717, 1.165) is 18.2 Å². The number of carbonyl (C=O) groups is 2. The largest absolute Gasteiger partial charge is 0.423 e. The van der Waals surface area contributed by atoms with Gasteiger partial charge in [0.15, 0.2) is 0 Å². The standard InChI is InChI=1S/C19H17N3O7/c1-10(2)19(24)29-16-5-11(3)17(12(4)6-16)20-18(23)13-7-14(21(25)26)9-15(8-13)22(27)28/h5-9H,1H2,2-4H3,(H,20,23). The molecule has 0 fully saturated rings. The molecule has 2 aromatic carbocycles. The average Bonchev–Trinajstić information content (AvgIpc) is 2.63. The summed E-state index contributed by atoms with van der Waals surface area (Å²) in [7, 11) is 0. The van der Waals surface area contributed by atoms with E-state index < -0.39 is 33.1 Å². The van der Waals surface area contributed by atoms with E-state index in [-0.39, 0.29) is 16.9 Å². The fourth-order valence-corrected chi connectivity index (χ4v) is 2.50. The van der Waals surface area contributed by atoms with Gasteiger partial charge >= 0.3 is 5.97 Å². The van der Waals surface area contributed by atoms with Gasteiger partial charge < -0.3 is 10.1 Å². The first-order chi connectivity index (χ1) is 13.5. The molecule has 0 unspecified atom stereocenters. The van der Waals surface area contributed by atoms with Crippen molar-refractivity contribution in [2.24, 2.45) is 0 Å². The van der Waals surface area contributed by atoms with Crippen molar-refractivity contribution in [1.82, 2.24) is 0 Å². The summed E-state index contributed by atoms with van der Waals surface area (Å²) in [4.78, 5) is 44.6. The normalized spacial score (nSPS) is 10.2. The minimum absolute atomic E-state index is 0.227. The Labute approximate surface area is 165 Å². The number of esters is 1. The quantitative estimate of drug-likeness (QED) is 0.255. The van der Waals surface area contributed by atoms with Crippen LogP contribution in [-0.2, 0) is 4.79 Å². The predicted octanol–water partition coefficient (Wildman–Crippen LogP) is 3.85. The van der Waals surface area contributed by atoms with Gasteiger partial charge in [0, 0.05) is 23.4 Å². The number of rotatable bonds is 6. The van der Waals surface area contributed by atoms with Gasteiger partial charge in [0.2, 0.25) is 0 Å². The minimum atomic E-state index is -0.814. The van der Waals surface area contributed by atoms with E-state index in [1.807, 2.05) is 0 Å². The Balaban J connectivity index is 2.36. The fourth-order valence-electron chi connectivity index (χ4n) is 2.50. The number of nitro groups is 2. The van der Waals surface area contributed by atoms with Gasteiger partial charge in [-0.2, -0.15) is 0 Å². The molecule has 0 radical (unpaired) electrons. The first-order valence-electron chi connectivity index (χ1n) is 8.23. The van der Waals surface area contributed by atoms with Crippen LogP contribution in [-0.4, -0.2) is 21.7 Å². The summed E-state index contributed by atoms with van der Waals surface area (Å²) in [6.45, 7) is 8.33. The molecule has 29 heavy (non-hydrogen) atoms. The summed E-state index contributed by atoms with van der Waals surface area (Å²) >= 11 is 0. The average molecular weight is 399 g/mol. The molecule has 0 saturated carbocycles. The van der Waals surface area contributed by atoms with Crippen LogP contribution in [0.15, 0.2) is 42.5 Å². The number of benzene rings is 2. The van der Waals surface area contributed by atoms with Crippen molar-refractivity contribution >= 4 is 28.9 Å². The van der Waals surface area contributed by atoms with Crippen molar-refractivity contribution in [2.75, 3.05) is 5.32 Å². The third-order valence-corrected chi connectivity index (χ3v) is 3.89. The molecule has 2 aromatic rings. The number of nitro benzene ring substituents is 2. The van der Waals surface area contributed by atoms with Gasteiger partial charge in [-0.05, 0) is 44.0 Å². The van der Waals surface area contributed by atoms with Crippen molar-refractivity contribution in [1.29, 1.82) is 0 Å². The van der Waals surface area contributed by atoms with E-state index in [4.69, 9.17) is 4.74 Å². The van der Waals surface area contributed by atoms with Crippen molar-refractivity contribution < 1.29 is 24.2 Å². The number of aryl methyl sites for hydroxylation is 2. The first kappa shape index (κ1) is 21.2. The predicted molar refractivity (Wildman–Crippen MR) is 104 cm³/mol. The fraction of sp³-hybridized carbons (Fsp3) is 0.158. The Bertz CT molecular complexity index is 1000. The first-order valence-corrected chi connectivity index (χ1v) is 8.23. The Kier molecular flexibility index (Phi) is 6.07. The van der Waals surface area contributed by atoms with Gasteiger partial charge in [0.05, 0.1) is 21.5 Å². The molecule has 0 heterocycles. The number of ether oxygens (including phenoxy) is 1. The second-order valence-corrected chi connectivity index (χ2v) is 6.31. The van der Waals surface area contributed by atoms with Crippen LogP contribution in [0.5, 0.6) is 5.75 Å². The number of amides is 1. The number of hydrogen-bond donors (Lipinski definition) is 1. The highest BCUT2D eigenvalue weighted by molar-refractivity contribution is 6.06. The maximum atomic E-state index is 12.6. The lowest BCUT2D eigenvalue weighted by molar-refractivity contribution is -0.394. The molecule has 0 aliphatic carbocycles. The Morgan fingerprint density at radius 1 is 0.966 bits per heavy atom. The van der Waals surface area contributed by atoms with Crippen LogP contribution in [0.3, 0.4) is 0 Å². The second kappa shape index (κ2) is 8.30. The number of non-ortho nitro benzene ring substituents is 2. The molecule has 0 spiro atoms. The molecular weight excluding hydrogens is 382 g/mol. The highest BCUT2D eigenvalue weighted by Gasteiger charge is 2.21. The molecule has 0 aliphatic rings. The van der Waals surface area contributed by atoms with Crippen LogP contribution >= 0.6 is 0 Å². The number of anilines is 1. The van der Waals surface area contributed by atoms with Gasteiger partial charge in [-0.1, -0.05) is 6.58 Å². The molecule has 1 amide bonds. The summed E-state index contributed by atoms with van der Waals surface area (Å²) in [5.74, 6) is -1.09. The molecule has 1 N–H and O–H groups in total. The number of nitrogens with zero attached hydrogens (tertiary/aromatic N) is 2. The minimum Gasteiger partial charge on any atom is -0.423 e. The van der Waals surface area contributed by atoms with Crippen molar-refractivity contribution in [3.63, 3.8) is 0 Å². The lowest BCUT2D eigenvalue weighted by Crippen LogP contribution is -2.15. The SMILES string of the molecule is C=C(C)C(=O)Oc1cc(C)c(NC(=O)c2cc([N+](=O)[O-])cc([N+](=O)[O-])c2)c(C)c1. The van der Waals surface area contributed by atoms with Crippen molar-refractivity contribution in [3.05, 3.63) is 79.4 Å². The molecular formula is C19H17N3O7. The molecule has 0 aromatic heterocycles. The zero-order chi connectivity index (χ0) is 21.9. The van der Waals surface area contributed by atoms with Crippen LogP contribution in [0.1, 0.15) is 28.4 Å². The highest BCUT2D eigenvalue weighted by Crippen LogP contribution is 2.28. The van der Waals surface area contributed by atoms with Crippen LogP contribution < -0.4 is 10.1 Å². The van der Waals surface area contributed by atoms with E-state index in [2.05, 4.69) is 11.9 Å². The number of hydrogen-bond acceptors (Lipinski definition) is 7. The molecule has 0 aliphatic heterocycles. The molecule has 10 heteroatoms. The van der Waals surface area contributed by atoms with Gasteiger partial charge in [-0.15, -0.1) is 0 Å². The summed E-state index contributed by atoms with van der Waals surface area (Å²) in [5, 5.41) is 24.6. The Morgan fingerprint density at radius 3 is 1.86 bits per heavy atom. The molecule has 2 rings (SSSR count). The molecule has 0 atom stereocenters. The Hall–Kier alpha value is -4.08. The molecule has 10 nitrogen and oxygen atoms in total. The summed E-state index contributed by atoms with van der Waals surface area (Å²) in [6.07, 6.45) is 0. The monoisotopic (exact) mass is 399 g/mol. The van der Waals surface area contributed by atoms with Gasteiger partial charge in [-0.25, -0.2) is 4.79 Å². The number of nitrogens with one attached hydrogen (secondary N) is 1. The summed E-state index contributed by atoms with van der Waals surface area (Å²) in [6, 6.07) is 5.74. The summed E-state index contributed by atoms with van der Waals surface area (Å²) < 4.78 is 5.17. The lowest BCUT2D eigenvalue weighted by atomic mass is 10.1. The van der Waals surface area contributed by atoms with E-state index >= 15 is 0 Å². The van der Waals surface area contributed by atoms with Crippen molar-refractivity contribution in [2.45, 2.75) is 20.8 Å². The lowest BCUT2D eigenvalue weighted by Gasteiger charge is -2.14. The maximum absolute atomic E-state index is 12.6. The van der Waals surface area contributed by atoms with Gasteiger partial charge in [-0.3, -0.25) is 25.0 Å². The van der Waals surface area contributed by atoms with Crippen LogP contribution in [0, 0.1) is 34.1 Å². The zero-order valence-electron chi connectivity index (χ0n) is 15.8. The topological polar surface area (TPSA) is 142 Å². The van der Waals surface area contributed by atoms with Crippen LogP contribution in [0.25, 0.3) is 0 Å². The molecule has 0 bridgehead atoms. The highest BCUT2D eigenvalue weighted by atomic mass is 16.6. The van der Waals surface area contributed by atoms with E-state index in [9.17, 15) is 29.8 Å². The maximum Gasteiger partial charge on any atom is 0.338 e. The molecule has 150 valence electrons. The molecule has 0 saturated heterocycles. The third kappa shape index (κ3) is 5.01. The van der Waals surface area contributed by atoms with E-state index in [1.165, 1.54) is 19.1 Å². The third-order valence-electron chi connectivity index (χ3n) is 3.89. The summed E-state index contributed by atoms with van der Waals surface area (Å²) in [5.41, 5.74) is 0.358. The van der Waals surface area contributed by atoms with Crippen LogP contribution in [0.4, 0.5) is 17.1 Å². The van der Waals surface area contributed by atoms with Gasteiger partial charge in [0.1, 0.15) is 5.75 Å². The Morgan fingerprint density at radius 2 is 1.45 bits per heavy atom. The second-order valence-electron chi connectivity index (χ2n) is 6.31. The smallest absolute Gasteiger partial charge is 0.338 e. The van der Waals surface area contributed by atoms with Crippen LogP contribution in [0.2, 0.25) is 0 Å². The van der Waals surface area contributed by atoms with Crippen molar-refractivity contribution in [3.8, 4) is 5.75 Å². The van der Waals surface area contributed by atoms with E-state index in [0.29, 0.717) is 16.8 Å². The number of carbonyl (C=O) groups excluding carboxylic acids is 2.